The molecule has 2 amide bonds. The van der Waals surface area contributed by atoms with Gasteiger partial charge in [0.2, 0.25) is 5.91 Å². The van der Waals surface area contributed by atoms with Gasteiger partial charge in [-0.25, -0.2) is 9.69 Å². The third-order valence-corrected chi connectivity index (χ3v) is 4.89. The van der Waals surface area contributed by atoms with Crippen LogP contribution in [-0.2, 0) is 19.1 Å². The molecule has 8 nitrogen and oxygen atoms in total. The Bertz CT molecular complexity index is 987. The highest BCUT2D eigenvalue weighted by molar-refractivity contribution is 6.47. The lowest BCUT2D eigenvalue weighted by atomic mass is 9.98. The number of amides is 2. The SMILES string of the molecule is CCOC(=O)C1=NN(c2ccc(OC)cc2)[C@H]2C(=O)N(c3ccccc3)C(=O)[C@@H]12. The highest BCUT2D eigenvalue weighted by atomic mass is 16.5. The van der Waals surface area contributed by atoms with Crippen molar-refractivity contribution in [2.24, 2.45) is 11.0 Å². The van der Waals surface area contributed by atoms with Crippen molar-refractivity contribution in [2.45, 2.75) is 13.0 Å². The van der Waals surface area contributed by atoms with Crippen LogP contribution in [0.2, 0.25) is 0 Å². The second-order valence-corrected chi connectivity index (χ2v) is 6.52. The van der Waals surface area contributed by atoms with Gasteiger partial charge in [0.1, 0.15) is 17.7 Å². The van der Waals surface area contributed by atoms with E-state index in [1.807, 2.05) is 0 Å². The molecule has 0 aliphatic carbocycles. The number of ether oxygens (including phenoxy) is 2. The maximum Gasteiger partial charge on any atom is 0.355 e. The van der Waals surface area contributed by atoms with Gasteiger partial charge in [-0.15, -0.1) is 0 Å². The number of benzene rings is 2. The summed E-state index contributed by atoms with van der Waals surface area (Å²) < 4.78 is 10.2. The summed E-state index contributed by atoms with van der Waals surface area (Å²) in [6, 6.07) is 14.6. The number of hydrazone groups is 1. The molecule has 148 valence electrons. The van der Waals surface area contributed by atoms with E-state index in [-0.39, 0.29) is 12.3 Å². The Labute approximate surface area is 167 Å². The first-order valence-corrected chi connectivity index (χ1v) is 9.18. The number of carbonyl (C=O) groups is 3. The van der Waals surface area contributed by atoms with Gasteiger partial charge >= 0.3 is 5.97 Å². The number of imide groups is 1. The lowest BCUT2D eigenvalue weighted by Gasteiger charge is -2.22. The molecule has 2 aromatic rings. The molecule has 4 rings (SSSR count). The second-order valence-electron chi connectivity index (χ2n) is 6.52. The number of hydrogen-bond donors (Lipinski definition) is 0. The van der Waals surface area contributed by atoms with Gasteiger partial charge in [0, 0.05) is 0 Å². The summed E-state index contributed by atoms with van der Waals surface area (Å²) in [4.78, 5) is 40.0. The van der Waals surface area contributed by atoms with Crippen LogP contribution in [0.1, 0.15) is 6.92 Å². The van der Waals surface area contributed by atoms with Crippen molar-refractivity contribution in [1.82, 2.24) is 0 Å². The third-order valence-electron chi connectivity index (χ3n) is 4.89. The largest absolute Gasteiger partial charge is 0.497 e. The zero-order chi connectivity index (χ0) is 20.5. The lowest BCUT2D eigenvalue weighted by Crippen LogP contribution is -2.39. The van der Waals surface area contributed by atoms with E-state index < -0.39 is 29.7 Å². The summed E-state index contributed by atoms with van der Waals surface area (Å²) in [6.45, 7) is 1.81. The van der Waals surface area contributed by atoms with E-state index in [1.165, 1.54) is 5.01 Å². The van der Waals surface area contributed by atoms with E-state index >= 15 is 0 Å². The molecular formula is C21H19N3O5. The van der Waals surface area contributed by atoms with Crippen LogP contribution in [0.15, 0.2) is 59.7 Å². The fourth-order valence-corrected chi connectivity index (χ4v) is 3.57. The highest BCUT2D eigenvalue weighted by Crippen LogP contribution is 2.38. The third kappa shape index (κ3) is 3.02. The van der Waals surface area contributed by atoms with Crippen molar-refractivity contribution in [2.75, 3.05) is 23.6 Å². The fraction of sp³-hybridized carbons (Fsp3) is 0.238. The van der Waals surface area contributed by atoms with Gasteiger partial charge < -0.3 is 9.47 Å². The summed E-state index contributed by atoms with van der Waals surface area (Å²) in [7, 11) is 1.55. The Morgan fingerprint density at radius 1 is 1.00 bits per heavy atom. The van der Waals surface area contributed by atoms with Crippen molar-refractivity contribution in [3.8, 4) is 5.75 Å². The van der Waals surface area contributed by atoms with Crippen molar-refractivity contribution in [1.29, 1.82) is 0 Å². The summed E-state index contributed by atoms with van der Waals surface area (Å²) in [5.74, 6) is -2.02. The minimum Gasteiger partial charge on any atom is -0.497 e. The molecule has 0 aromatic heterocycles. The van der Waals surface area contributed by atoms with Crippen LogP contribution in [0.4, 0.5) is 11.4 Å². The van der Waals surface area contributed by atoms with Gasteiger partial charge in [0.25, 0.3) is 5.91 Å². The number of anilines is 2. The zero-order valence-corrected chi connectivity index (χ0v) is 15.9. The molecule has 2 aliphatic heterocycles. The molecule has 29 heavy (non-hydrogen) atoms. The van der Waals surface area contributed by atoms with Crippen LogP contribution in [0.3, 0.4) is 0 Å². The molecule has 2 aromatic carbocycles. The predicted octanol–water partition coefficient (Wildman–Crippen LogP) is 1.99. The van der Waals surface area contributed by atoms with E-state index in [2.05, 4.69) is 5.10 Å². The van der Waals surface area contributed by atoms with E-state index in [1.54, 1.807) is 68.6 Å². The lowest BCUT2D eigenvalue weighted by molar-refractivity contribution is -0.136. The summed E-state index contributed by atoms with van der Waals surface area (Å²) >= 11 is 0. The number of nitrogens with zero attached hydrogens (tertiary/aromatic N) is 3. The molecular weight excluding hydrogens is 374 g/mol. The summed E-state index contributed by atoms with van der Waals surface area (Å²) in [5, 5.41) is 5.73. The van der Waals surface area contributed by atoms with Crippen LogP contribution in [0.25, 0.3) is 0 Å². The first-order valence-electron chi connectivity index (χ1n) is 9.18. The Morgan fingerprint density at radius 3 is 2.31 bits per heavy atom. The number of carbonyl (C=O) groups excluding carboxylic acids is 3. The molecule has 0 saturated carbocycles. The number of esters is 1. The molecule has 0 radical (unpaired) electrons. The van der Waals surface area contributed by atoms with Crippen LogP contribution in [0, 0.1) is 5.92 Å². The zero-order valence-electron chi connectivity index (χ0n) is 15.9. The van der Waals surface area contributed by atoms with Crippen LogP contribution < -0.4 is 14.6 Å². The van der Waals surface area contributed by atoms with Crippen LogP contribution >= 0.6 is 0 Å². The maximum atomic E-state index is 13.2. The first kappa shape index (κ1) is 18.7. The molecule has 8 heteroatoms. The van der Waals surface area contributed by atoms with Gasteiger partial charge in [0.05, 0.1) is 25.1 Å². The molecule has 1 fully saturated rings. The maximum absolute atomic E-state index is 13.2. The van der Waals surface area contributed by atoms with Crippen molar-refractivity contribution < 1.29 is 23.9 Å². The van der Waals surface area contributed by atoms with E-state index in [9.17, 15) is 14.4 Å². The normalized spacial score (nSPS) is 20.6. The molecule has 0 bridgehead atoms. The van der Waals surface area contributed by atoms with Crippen molar-refractivity contribution in [3.05, 3.63) is 54.6 Å². The molecule has 2 heterocycles. The minimum absolute atomic E-state index is 0.0653. The summed E-state index contributed by atoms with van der Waals surface area (Å²) in [6.07, 6.45) is 0. The monoisotopic (exact) mass is 393 g/mol. The predicted molar refractivity (Wildman–Crippen MR) is 106 cm³/mol. The average Bonchev–Trinajstić information content (AvgIpc) is 3.26. The van der Waals surface area contributed by atoms with E-state index in [0.29, 0.717) is 17.1 Å². The Hall–Kier alpha value is -3.68. The van der Waals surface area contributed by atoms with Gasteiger partial charge in [-0.2, -0.15) is 5.10 Å². The molecule has 1 saturated heterocycles. The Balaban J connectivity index is 1.77. The Kier molecular flexibility index (Phi) is 4.75. The minimum atomic E-state index is -1.02. The second kappa shape index (κ2) is 7.38. The molecule has 0 spiro atoms. The number of para-hydroxylation sites is 1. The summed E-state index contributed by atoms with van der Waals surface area (Å²) in [5.41, 5.74) is 0.954. The van der Waals surface area contributed by atoms with Crippen molar-refractivity contribution >= 4 is 34.9 Å². The smallest absolute Gasteiger partial charge is 0.355 e. The fourth-order valence-electron chi connectivity index (χ4n) is 3.57. The van der Waals surface area contributed by atoms with Gasteiger partial charge in [-0.3, -0.25) is 14.6 Å². The molecule has 2 aliphatic rings. The van der Waals surface area contributed by atoms with Crippen LogP contribution in [0.5, 0.6) is 5.75 Å². The van der Waals surface area contributed by atoms with Gasteiger partial charge in [0.15, 0.2) is 5.71 Å². The molecule has 0 unspecified atom stereocenters. The van der Waals surface area contributed by atoms with Crippen LogP contribution in [-0.4, -0.2) is 43.3 Å². The number of hydrogen-bond acceptors (Lipinski definition) is 7. The molecule has 0 N–H and O–H groups in total. The number of fused-ring (bicyclic) bond motifs is 1. The van der Waals surface area contributed by atoms with Crippen molar-refractivity contribution in [3.63, 3.8) is 0 Å². The topological polar surface area (TPSA) is 88.5 Å². The molecule has 2 atom stereocenters. The first-order chi connectivity index (χ1) is 14.1. The number of rotatable bonds is 5. The van der Waals surface area contributed by atoms with Gasteiger partial charge in [-0.1, -0.05) is 18.2 Å². The Morgan fingerprint density at radius 2 is 1.69 bits per heavy atom. The van der Waals surface area contributed by atoms with E-state index in [4.69, 9.17) is 9.47 Å². The van der Waals surface area contributed by atoms with Gasteiger partial charge in [-0.05, 0) is 43.3 Å². The highest BCUT2D eigenvalue weighted by Gasteiger charge is 2.59. The average molecular weight is 393 g/mol. The number of methoxy groups -OCH3 is 1. The standard InChI is InChI=1S/C21H19N3O5/c1-3-29-21(27)17-16-18(24(22-17)14-9-11-15(28-2)12-10-14)20(26)23(19(16)25)13-7-5-4-6-8-13/h4-12,16,18H,3H2,1-2H3/t16-,18+/m0/s1. The quantitative estimate of drug-likeness (QED) is 0.570. The van der Waals surface area contributed by atoms with E-state index in [0.717, 1.165) is 4.90 Å².